The quantitative estimate of drug-likeness (QED) is 0.861. The second kappa shape index (κ2) is 6.90. The van der Waals surface area contributed by atoms with Crippen LogP contribution in [0.4, 0.5) is 4.39 Å². The molecule has 0 spiro atoms. The summed E-state index contributed by atoms with van der Waals surface area (Å²) in [6, 6.07) is 5.11. The zero-order valence-electron chi connectivity index (χ0n) is 11.9. The Morgan fingerprint density at radius 3 is 2.74 bits per heavy atom. The van der Waals surface area contributed by atoms with Crippen LogP contribution >= 0.6 is 0 Å². The molecule has 0 aromatic heterocycles. The van der Waals surface area contributed by atoms with Crippen LogP contribution in [0.3, 0.4) is 0 Å². The molecule has 1 saturated carbocycles. The maximum Gasteiger partial charge on any atom is 0.131 e. The largest absolute Gasteiger partial charge is 0.490 e. The molecule has 0 aliphatic heterocycles. The van der Waals surface area contributed by atoms with E-state index in [2.05, 4.69) is 5.32 Å². The van der Waals surface area contributed by atoms with E-state index >= 15 is 0 Å². The van der Waals surface area contributed by atoms with Crippen molar-refractivity contribution in [3.05, 3.63) is 29.6 Å². The molecular formula is C16H24FNO. The zero-order valence-corrected chi connectivity index (χ0v) is 11.9. The van der Waals surface area contributed by atoms with Crippen molar-refractivity contribution in [1.82, 2.24) is 5.32 Å². The molecule has 0 heterocycles. The fourth-order valence-corrected chi connectivity index (χ4v) is 2.81. The number of hydrogen-bond donors (Lipinski definition) is 1. The third-order valence-electron chi connectivity index (χ3n) is 3.80. The monoisotopic (exact) mass is 265 g/mol. The van der Waals surface area contributed by atoms with E-state index in [9.17, 15) is 4.39 Å². The number of nitrogens with one attached hydrogen (secondary N) is 1. The molecule has 1 aliphatic carbocycles. The van der Waals surface area contributed by atoms with Crippen LogP contribution in [-0.4, -0.2) is 12.6 Å². The molecule has 1 unspecified atom stereocenters. The van der Waals surface area contributed by atoms with Crippen LogP contribution < -0.4 is 10.1 Å². The number of hydrogen-bond acceptors (Lipinski definition) is 2. The van der Waals surface area contributed by atoms with E-state index < -0.39 is 0 Å². The fraction of sp³-hybridized carbons (Fsp3) is 0.625. The van der Waals surface area contributed by atoms with E-state index in [1.807, 2.05) is 19.9 Å². The van der Waals surface area contributed by atoms with E-state index in [1.54, 1.807) is 6.07 Å². The lowest BCUT2D eigenvalue weighted by molar-refractivity contribution is 0.152. The standard InChI is InChI=1S/C16H24FNO/c1-3-18-12(2)16-14(17)10-7-11-15(16)19-13-8-5-4-6-9-13/h7,10-13,18H,3-6,8-9H2,1-2H3. The molecule has 3 heteroatoms. The van der Waals surface area contributed by atoms with E-state index in [0.29, 0.717) is 11.3 Å². The van der Waals surface area contributed by atoms with Gasteiger partial charge in [0.05, 0.1) is 6.10 Å². The van der Waals surface area contributed by atoms with Gasteiger partial charge in [0.15, 0.2) is 0 Å². The van der Waals surface area contributed by atoms with Crippen molar-refractivity contribution >= 4 is 0 Å². The van der Waals surface area contributed by atoms with Crippen LogP contribution in [0, 0.1) is 5.82 Å². The summed E-state index contributed by atoms with van der Waals surface area (Å²) >= 11 is 0. The molecule has 1 fully saturated rings. The van der Waals surface area contributed by atoms with Crippen molar-refractivity contribution in [1.29, 1.82) is 0 Å². The Morgan fingerprint density at radius 2 is 2.05 bits per heavy atom. The minimum Gasteiger partial charge on any atom is -0.490 e. The maximum absolute atomic E-state index is 14.1. The molecule has 1 aromatic rings. The third kappa shape index (κ3) is 3.69. The van der Waals surface area contributed by atoms with Crippen molar-refractivity contribution in [2.24, 2.45) is 0 Å². The van der Waals surface area contributed by atoms with Gasteiger partial charge in [-0.05, 0) is 51.3 Å². The second-order valence-electron chi connectivity index (χ2n) is 5.31. The molecule has 106 valence electrons. The Kier molecular flexibility index (Phi) is 5.20. The summed E-state index contributed by atoms with van der Waals surface area (Å²) in [5, 5.41) is 3.26. The highest BCUT2D eigenvalue weighted by molar-refractivity contribution is 5.37. The summed E-state index contributed by atoms with van der Waals surface area (Å²) in [6.07, 6.45) is 6.17. The highest BCUT2D eigenvalue weighted by atomic mass is 19.1. The van der Waals surface area contributed by atoms with Crippen molar-refractivity contribution in [3.63, 3.8) is 0 Å². The number of rotatable bonds is 5. The summed E-state index contributed by atoms with van der Waals surface area (Å²) in [7, 11) is 0. The molecule has 1 N–H and O–H groups in total. The van der Waals surface area contributed by atoms with Crippen LogP contribution in [0.1, 0.15) is 57.6 Å². The maximum atomic E-state index is 14.1. The van der Waals surface area contributed by atoms with Crippen LogP contribution in [0.5, 0.6) is 5.75 Å². The van der Waals surface area contributed by atoms with Gasteiger partial charge in [-0.2, -0.15) is 0 Å². The summed E-state index contributed by atoms with van der Waals surface area (Å²) in [5.74, 6) is 0.530. The Hall–Kier alpha value is -1.09. The van der Waals surface area contributed by atoms with Gasteiger partial charge in [-0.25, -0.2) is 4.39 Å². The van der Waals surface area contributed by atoms with Crippen molar-refractivity contribution in [2.75, 3.05) is 6.54 Å². The van der Waals surface area contributed by atoms with Crippen LogP contribution in [-0.2, 0) is 0 Å². The molecule has 19 heavy (non-hydrogen) atoms. The lowest BCUT2D eigenvalue weighted by Crippen LogP contribution is -2.23. The van der Waals surface area contributed by atoms with Crippen molar-refractivity contribution in [2.45, 2.75) is 58.1 Å². The number of halogens is 1. The highest BCUT2D eigenvalue weighted by Crippen LogP contribution is 2.31. The van der Waals surface area contributed by atoms with Gasteiger partial charge in [0.1, 0.15) is 11.6 Å². The van der Waals surface area contributed by atoms with E-state index in [-0.39, 0.29) is 18.0 Å². The van der Waals surface area contributed by atoms with E-state index in [4.69, 9.17) is 4.74 Å². The lowest BCUT2D eigenvalue weighted by Gasteiger charge is -2.26. The predicted molar refractivity (Wildman–Crippen MR) is 76.0 cm³/mol. The summed E-state index contributed by atoms with van der Waals surface area (Å²) in [5.41, 5.74) is 0.662. The first kappa shape index (κ1) is 14.3. The average molecular weight is 265 g/mol. The predicted octanol–water partition coefficient (Wildman–Crippen LogP) is 4.21. The molecule has 0 bridgehead atoms. The van der Waals surface area contributed by atoms with Gasteiger partial charge in [-0.3, -0.25) is 0 Å². The Bertz CT molecular complexity index is 402. The van der Waals surface area contributed by atoms with Crippen molar-refractivity contribution < 1.29 is 9.13 Å². The third-order valence-corrected chi connectivity index (χ3v) is 3.80. The SMILES string of the molecule is CCNC(C)c1c(F)cccc1OC1CCCCC1. The molecule has 1 atom stereocenters. The van der Waals surface area contributed by atoms with Gasteiger partial charge >= 0.3 is 0 Å². The average Bonchev–Trinajstić information content (AvgIpc) is 2.40. The number of benzene rings is 1. The highest BCUT2D eigenvalue weighted by Gasteiger charge is 2.20. The first-order chi connectivity index (χ1) is 9.22. The smallest absolute Gasteiger partial charge is 0.131 e. The van der Waals surface area contributed by atoms with Gasteiger partial charge in [-0.1, -0.05) is 19.4 Å². The molecule has 2 nitrogen and oxygen atoms in total. The minimum absolute atomic E-state index is 0.0233. The lowest BCUT2D eigenvalue weighted by atomic mass is 9.97. The van der Waals surface area contributed by atoms with Gasteiger partial charge in [0, 0.05) is 11.6 Å². The van der Waals surface area contributed by atoms with E-state index in [1.165, 1.54) is 25.3 Å². The van der Waals surface area contributed by atoms with Crippen LogP contribution in [0.2, 0.25) is 0 Å². The van der Waals surface area contributed by atoms with Gasteiger partial charge < -0.3 is 10.1 Å². The van der Waals surface area contributed by atoms with Gasteiger partial charge in [-0.15, -0.1) is 0 Å². The second-order valence-corrected chi connectivity index (χ2v) is 5.31. The molecule has 0 saturated heterocycles. The summed E-state index contributed by atoms with van der Waals surface area (Å²) in [6.45, 7) is 4.83. The summed E-state index contributed by atoms with van der Waals surface area (Å²) in [4.78, 5) is 0. The van der Waals surface area contributed by atoms with E-state index in [0.717, 1.165) is 19.4 Å². The Morgan fingerprint density at radius 1 is 1.32 bits per heavy atom. The molecule has 0 amide bonds. The molecule has 2 rings (SSSR count). The van der Waals surface area contributed by atoms with Crippen LogP contribution in [0.15, 0.2) is 18.2 Å². The van der Waals surface area contributed by atoms with Gasteiger partial charge in [0.25, 0.3) is 0 Å². The summed E-state index contributed by atoms with van der Waals surface area (Å²) < 4.78 is 20.1. The first-order valence-corrected chi connectivity index (χ1v) is 7.40. The fourth-order valence-electron chi connectivity index (χ4n) is 2.81. The molecule has 1 aromatic carbocycles. The normalized spacial score (nSPS) is 18.3. The van der Waals surface area contributed by atoms with Crippen LogP contribution in [0.25, 0.3) is 0 Å². The Labute approximate surface area is 115 Å². The molecular weight excluding hydrogens is 241 g/mol. The topological polar surface area (TPSA) is 21.3 Å². The minimum atomic E-state index is -0.179. The van der Waals surface area contributed by atoms with Crippen molar-refractivity contribution in [3.8, 4) is 5.75 Å². The first-order valence-electron chi connectivity index (χ1n) is 7.40. The Balaban J connectivity index is 2.16. The number of ether oxygens (including phenoxy) is 1. The molecule has 1 aliphatic rings. The van der Waals surface area contributed by atoms with Gasteiger partial charge in [0.2, 0.25) is 0 Å². The zero-order chi connectivity index (χ0) is 13.7. The molecule has 0 radical (unpaired) electrons.